The lowest BCUT2D eigenvalue weighted by atomic mass is 9.76. The van der Waals surface area contributed by atoms with Crippen molar-refractivity contribution in [2.75, 3.05) is 0 Å². The highest BCUT2D eigenvalue weighted by molar-refractivity contribution is 5.41. The quantitative estimate of drug-likeness (QED) is 0.518. The predicted molar refractivity (Wildman–Crippen MR) is 121 cm³/mol. The molecule has 27 heavy (non-hydrogen) atoms. The first-order valence-electron chi connectivity index (χ1n) is 10.4. The summed E-state index contributed by atoms with van der Waals surface area (Å²) >= 11 is 0. The highest BCUT2D eigenvalue weighted by Gasteiger charge is 2.23. The zero-order chi connectivity index (χ0) is 20.6. The van der Waals surface area contributed by atoms with Gasteiger partial charge in [-0.15, -0.1) is 0 Å². The van der Waals surface area contributed by atoms with E-state index in [-0.39, 0.29) is 16.2 Å². The molecule has 0 aliphatic carbocycles. The molecule has 0 saturated carbocycles. The molecule has 1 atom stereocenters. The minimum Gasteiger partial charge on any atom is -0.0617 e. The third kappa shape index (κ3) is 5.47. The van der Waals surface area contributed by atoms with E-state index in [0.29, 0.717) is 5.92 Å². The van der Waals surface area contributed by atoms with E-state index < -0.39 is 0 Å². The molecule has 0 aliphatic heterocycles. The first-order chi connectivity index (χ1) is 12.2. The summed E-state index contributed by atoms with van der Waals surface area (Å²) in [6.07, 6.45) is 1.09. The number of rotatable bonds is 3. The van der Waals surface area contributed by atoms with E-state index in [2.05, 4.69) is 112 Å². The van der Waals surface area contributed by atoms with E-state index in [1.165, 1.54) is 27.8 Å². The molecule has 0 heteroatoms. The molecule has 0 heterocycles. The van der Waals surface area contributed by atoms with Gasteiger partial charge in [-0.05, 0) is 56.4 Å². The van der Waals surface area contributed by atoms with Gasteiger partial charge >= 0.3 is 0 Å². The van der Waals surface area contributed by atoms with Crippen molar-refractivity contribution in [1.82, 2.24) is 0 Å². The summed E-state index contributed by atoms with van der Waals surface area (Å²) in [6.45, 7) is 23.2. The molecule has 0 aromatic heterocycles. The maximum Gasteiger partial charge on any atom is -0.0129 e. The Labute approximate surface area is 168 Å². The van der Waals surface area contributed by atoms with Crippen LogP contribution >= 0.6 is 0 Å². The Bertz CT molecular complexity index is 773. The highest BCUT2D eigenvalue weighted by atomic mass is 14.3. The molecule has 2 aromatic carbocycles. The van der Waals surface area contributed by atoms with Gasteiger partial charge in [0.2, 0.25) is 0 Å². The average molecular weight is 365 g/mol. The summed E-state index contributed by atoms with van der Waals surface area (Å²) < 4.78 is 0. The Morgan fingerprint density at radius 3 is 1.74 bits per heavy atom. The zero-order valence-electron chi connectivity index (χ0n) is 19.3. The van der Waals surface area contributed by atoms with Crippen LogP contribution in [0.4, 0.5) is 0 Å². The minimum absolute atomic E-state index is 0.156. The van der Waals surface area contributed by atoms with E-state index in [0.717, 1.165) is 6.42 Å². The molecular formula is C27H40. The first kappa shape index (κ1) is 21.7. The van der Waals surface area contributed by atoms with Crippen LogP contribution in [0.5, 0.6) is 0 Å². The largest absolute Gasteiger partial charge is 0.0617 e. The standard InChI is InChI=1S/C27H40/c1-19(20-12-11-13-22(17-20)25(2,3)4)16-21-14-15-23(26(5,6)7)18-24(21)27(8,9)10/h11-15,17-19H,16H2,1-10H3. The van der Waals surface area contributed by atoms with Crippen LogP contribution < -0.4 is 0 Å². The van der Waals surface area contributed by atoms with E-state index >= 15 is 0 Å². The molecule has 2 aromatic rings. The second-order valence-electron chi connectivity index (χ2n) is 11.4. The van der Waals surface area contributed by atoms with Crippen molar-refractivity contribution in [2.24, 2.45) is 0 Å². The summed E-state index contributed by atoms with van der Waals surface area (Å²) in [5.74, 6) is 0.508. The van der Waals surface area contributed by atoms with Gasteiger partial charge in [0.15, 0.2) is 0 Å². The van der Waals surface area contributed by atoms with Crippen LogP contribution in [0.3, 0.4) is 0 Å². The van der Waals surface area contributed by atoms with E-state index in [4.69, 9.17) is 0 Å². The molecule has 148 valence electrons. The lowest BCUT2D eigenvalue weighted by Crippen LogP contribution is -2.19. The van der Waals surface area contributed by atoms with Crippen LogP contribution in [0, 0.1) is 0 Å². The summed E-state index contributed by atoms with van der Waals surface area (Å²) in [6, 6.07) is 16.3. The van der Waals surface area contributed by atoms with Gasteiger partial charge in [-0.2, -0.15) is 0 Å². The van der Waals surface area contributed by atoms with E-state index in [1.807, 2.05) is 0 Å². The van der Waals surface area contributed by atoms with Gasteiger partial charge in [0, 0.05) is 0 Å². The van der Waals surface area contributed by atoms with Crippen molar-refractivity contribution in [3.05, 3.63) is 70.3 Å². The maximum atomic E-state index is 2.45. The average Bonchev–Trinajstić information content (AvgIpc) is 2.52. The normalized spacial score (nSPS) is 14.3. The lowest BCUT2D eigenvalue weighted by molar-refractivity contribution is 0.559. The second-order valence-corrected chi connectivity index (χ2v) is 11.4. The van der Waals surface area contributed by atoms with Crippen LogP contribution in [0.2, 0.25) is 0 Å². The molecule has 0 nitrogen and oxygen atoms in total. The lowest BCUT2D eigenvalue weighted by Gasteiger charge is -2.29. The molecule has 0 spiro atoms. The smallest absolute Gasteiger partial charge is 0.0129 e. The van der Waals surface area contributed by atoms with Crippen molar-refractivity contribution < 1.29 is 0 Å². The molecule has 0 bridgehead atoms. The molecule has 0 fully saturated rings. The van der Waals surface area contributed by atoms with E-state index in [1.54, 1.807) is 0 Å². The van der Waals surface area contributed by atoms with Crippen molar-refractivity contribution in [1.29, 1.82) is 0 Å². The van der Waals surface area contributed by atoms with Gasteiger partial charge in [0.1, 0.15) is 0 Å². The fourth-order valence-electron chi connectivity index (χ4n) is 3.68. The Morgan fingerprint density at radius 2 is 1.22 bits per heavy atom. The molecule has 0 saturated heterocycles. The zero-order valence-corrected chi connectivity index (χ0v) is 19.3. The topological polar surface area (TPSA) is 0 Å². The van der Waals surface area contributed by atoms with Gasteiger partial charge in [-0.25, -0.2) is 0 Å². The molecule has 0 radical (unpaired) electrons. The summed E-state index contributed by atoms with van der Waals surface area (Å²) in [5.41, 5.74) is 7.82. The number of benzene rings is 2. The first-order valence-corrected chi connectivity index (χ1v) is 10.4. The summed E-state index contributed by atoms with van der Waals surface area (Å²) in [4.78, 5) is 0. The van der Waals surface area contributed by atoms with Crippen LogP contribution in [0.1, 0.15) is 103 Å². The minimum atomic E-state index is 0.156. The van der Waals surface area contributed by atoms with Crippen LogP contribution in [0.25, 0.3) is 0 Å². The van der Waals surface area contributed by atoms with Crippen molar-refractivity contribution in [2.45, 2.75) is 97.8 Å². The molecule has 0 amide bonds. The van der Waals surface area contributed by atoms with Crippen LogP contribution in [-0.2, 0) is 22.7 Å². The number of hydrogen-bond acceptors (Lipinski definition) is 0. The SMILES string of the molecule is CC(Cc1ccc(C(C)(C)C)cc1C(C)(C)C)c1cccc(C(C)(C)C)c1. The number of hydrogen-bond donors (Lipinski definition) is 0. The molecule has 0 aliphatic rings. The van der Waals surface area contributed by atoms with Crippen LogP contribution in [0.15, 0.2) is 42.5 Å². The molecule has 2 rings (SSSR count). The highest BCUT2D eigenvalue weighted by Crippen LogP contribution is 2.34. The Kier molecular flexibility index (Phi) is 6.00. The van der Waals surface area contributed by atoms with Gasteiger partial charge in [-0.3, -0.25) is 0 Å². The van der Waals surface area contributed by atoms with Gasteiger partial charge in [0.05, 0.1) is 0 Å². The van der Waals surface area contributed by atoms with Crippen molar-refractivity contribution >= 4 is 0 Å². The maximum absolute atomic E-state index is 2.45. The molecular weight excluding hydrogens is 324 g/mol. The molecule has 1 unspecified atom stereocenters. The second kappa shape index (κ2) is 7.46. The van der Waals surface area contributed by atoms with Crippen LogP contribution in [-0.4, -0.2) is 0 Å². The van der Waals surface area contributed by atoms with Crippen molar-refractivity contribution in [3.8, 4) is 0 Å². The van der Waals surface area contributed by atoms with Gasteiger partial charge < -0.3 is 0 Å². The third-order valence-electron chi connectivity index (χ3n) is 5.63. The fraction of sp³-hybridized carbons (Fsp3) is 0.556. The third-order valence-corrected chi connectivity index (χ3v) is 5.63. The predicted octanol–water partition coefficient (Wildman–Crippen LogP) is 7.93. The van der Waals surface area contributed by atoms with Crippen molar-refractivity contribution in [3.63, 3.8) is 0 Å². The summed E-state index contributed by atoms with van der Waals surface area (Å²) in [5, 5.41) is 0. The van der Waals surface area contributed by atoms with E-state index in [9.17, 15) is 0 Å². The Morgan fingerprint density at radius 1 is 0.667 bits per heavy atom. The monoisotopic (exact) mass is 364 g/mol. The fourth-order valence-corrected chi connectivity index (χ4v) is 3.68. The summed E-state index contributed by atoms with van der Waals surface area (Å²) in [7, 11) is 0. The Balaban J connectivity index is 2.39. The molecule has 0 N–H and O–H groups in total. The Hall–Kier alpha value is -1.56. The van der Waals surface area contributed by atoms with Gasteiger partial charge in [0.25, 0.3) is 0 Å². The van der Waals surface area contributed by atoms with Gasteiger partial charge in [-0.1, -0.05) is 112 Å².